The predicted octanol–water partition coefficient (Wildman–Crippen LogP) is 2.74. The summed E-state index contributed by atoms with van der Waals surface area (Å²) in [5.74, 6) is 0. The summed E-state index contributed by atoms with van der Waals surface area (Å²) in [6, 6.07) is 0. The van der Waals surface area contributed by atoms with Crippen LogP contribution in [0.3, 0.4) is 0 Å². The molecule has 69 valence electrons. The summed E-state index contributed by atoms with van der Waals surface area (Å²) in [5.41, 5.74) is 0. The zero-order valence-corrected chi connectivity index (χ0v) is 11.9. The normalized spacial score (nSPS) is 9.50. The van der Waals surface area contributed by atoms with Crippen LogP contribution < -0.4 is 0 Å². The van der Waals surface area contributed by atoms with Gasteiger partial charge < -0.3 is 5.11 Å². The van der Waals surface area contributed by atoms with E-state index in [0.29, 0.717) is 6.61 Å². The Hall–Kier alpha value is 1.60. The maximum absolute atomic E-state index is 8.51. The fraction of sp³-hybridized carbons (Fsp3) is 1.00. The van der Waals surface area contributed by atoms with Gasteiger partial charge in [-0.05, 0) is 6.42 Å². The average molecular weight is 197 g/mol. The smallest absolute Gasteiger partial charge is 0.0431 e. The number of aliphatic hydroxyl groups excluding tert-OH is 1. The van der Waals surface area contributed by atoms with Crippen LogP contribution in [0.4, 0.5) is 0 Å². The van der Waals surface area contributed by atoms with Crippen molar-refractivity contribution < 1.29 is 5.11 Å². The van der Waals surface area contributed by atoms with Crippen LogP contribution in [0.1, 0.15) is 58.3 Å². The molecule has 0 fully saturated rings. The molecule has 0 saturated heterocycles. The Morgan fingerprint density at radius 2 is 1.17 bits per heavy atom. The van der Waals surface area contributed by atoms with E-state index in [9.17, 15) is 0 Å². The first-order chi connectivity index (χ1) is 5.41. The van der Waals surface area contributed by atoms with E-state index in [2.05, 4.69) is 6.92 Å². The van der Waals surface area contributed by atoms with Gasteiger partial charge in [0.05, 0.1) is 0 Å². The van der Waals surface area contributed by atoms with Crippen LogP contribution in [0.15, 0.2) is 0 Å². The molecule has 0 aromatic rings. The Labute approximate surface area is 120 Å². The third-order valence-electron chi connectivity index (χ3n) is 2.01. The monoisotopic (exact) mass is 197 g/mol. The van der Waals surface area contributed by atoms with Gasteiger partial charge >= 0.3 is 0 Å². The van der Waals surface area contributed by atoms with Crippen LogP contribution in [0, 0.1) is 0 Å². The van der Waals surface area contributed by atoms with Crippen molar-refractivity contribution in [3.8, 4) is 0 Å². The molecule has 0 heterocycles. The van der Waals surface area contributed by atoms with Crippen molar-refractivity contribution in [1.29, 1.82) is 0 Å². The quantitative estimate of drug-likeness (QED) is 0.468. The maximum Gasteiger partial charge on any atom is 0.0431 e. The standard InChI is InChI=1S/C10H22O.K/c1-2-3-4-5-6-7-8-9-10-11;/h11H,2-10H2,1H3;. The Kier molecular flexibility index (Phi) is 20.2. The van der Waals surface area contributed by atoms with Crippen LogP contribution in [0.2, 0.25) is 0 Å². The van der Waals surface area contributed by atoms with Crippen molar-refractivity contribution in [1.82, 2.24) is 0 Å². The number of hydrogen-bond acceptors (Lipinski definition) is 1. The first-order valence-electron chi connectivity index (χ1n) is 5.02. The summed E-state index contributed by atoms with van der Waals surface area (Å²) in [7, 11) is 0. The largest absolute Gasteiger partial charge is 0.396 e. The fourth-order valence-corrected chi connectivity index (χ4v) is 1.25. The molecule has 0 aliphatic heterocycles. The van der Waals surface area contributed by atoms with Crippen LogP contribution in [-0.2, 0) is 0 Å². The van der Waals surface area contributed by atoms with Gasteiger partial charge in [0.2, 0.25) is 0 Å². The number of rotatable bonds is 8. The number of aliphatic hydroxyl groups is 1. The minimum absolute atomic E-state index is 0. The molecule has 0 unspecified atom stereocenters. The molecule has 0 atom stereocenters. The van der Waals surface area contributed by atoms with E-state index in [4.69, 9.17) is 5.11 Å². The first kappa shape index (κ1) is 16.0. The third-order valence-corrected chi connectivity index (χ3v) is 2.01. The number of hydrogen-bond donors (Lipinski definition) is 1. The van der Waals surface area contributed by atoms with Gasteiger partial charge in [-0.25, -0.2) is 0 Å². The van der Waals surface area contributed by atoms with Crippen LogP contribution in [-0.4, -0.2) is 63.1 Å². The van der Waals surface area contributed by atoms with Gasteiger partial charge in [-0.3, -0.25) is 0 Å². The molecule has 0 aromatic carbocycles. The summed E-state index contributed by atoms with van der Waals surface area (Å²) in [4.78, 5) is 0. The molecule has 12 heavy (non-hydrogen) atoms. The van der Waals surface area contributed by atoms with Crippen molar-refractivity contribution in [3.63, 3.8) is 0 Å². The van der Waals surface area contributed by atoms with Gasteiger partial charge in [0.25, 0.3) is 0 Å². The van der Waals surface area contributed by atoms with Gasteiger partial charge in [-0.2, -0.15) is 0 Å². The summed E-state index contributed by atoms with van der Waals surface area (Å²) >= 11 is 0. The summed E-state index contributed by atoms with van der Waals surface area (Å²) in [5, 5.41) is 8.51. The van der Waals surface area contributed by atoms with Gasteiger partial charge in [-0.1, -0.05) is 51.9 Å². The molecular weight excluding hydrogens is 175 g/mol. The molecular formula is C10H22KO. The summed E-state index contributed by atoms with van der Waals surface area (Å²) < 4.78 is 0. The van der Waals surface area contributed by atoms with Gasteiger partial charge in [0.15, 0.2) is 0 Å². The molecule has 0 saturated carbocycles. The van der Waals surface area contributed by atoms with Crippen LogP contribution >= 0.6 is 0 Å². The van der Waals surface area contributed by atoms with E-state index in [0.717, 1.165) is 6.42 Å². The molecule has 0 aliphatic carbocycles. The Bertz CT molecular complexity index is 58.9. The molecule has 1 N–H and O–H groups in total. The molecule has 0 amide bonds. The van der Waals surface area contributed by atoms with Crippen molar-refractivity contribution in [3.05, 3.63) is 0 Å². The van der Waals surface area contributed by atoms with Gasteiger partial charge in [0.1, 0.15) is 0 Å². The zero-order chi connectivity index (χ0) is 8.36. The second kappa shape index (κ2) is 15.1. The minimum Gasteiger partial charge on any atom is -0.396 e. The first-order valence-corrected chi connectivity index (χ1v) is 5.02. The van der Waals surface area contributed by atoms with E-state index < -0.39 is 0 Å². The summed E-state index contributed by atoms with van der Waals surface area (Å²) in [6.45, 7) is 2.61. The maximum atomic E-state index is 8.51. The van der Waals surface area contributed by atoms with E-state index in [1.807, 2.05) is 0 Å². The number of unbranched alkanes of at least 4 members (excludes halogenated alkanes) is 7. The van der Waals surface area contributed by atoms with Crippen molar-refractivity contribution in [2.75, 3.05) is 6.61 Å². The summed E-state index contributed by atoms with van der Waals surface area (Å²) in [6.07, 6.45) is 10.4. The SMILES string of the molecule is CCCCCCCCCCO.[K]. The molecule has 1 radical (unpaired) electrons. The molecule has 1 nitrogen and oxygen atoms in total. The predicted molar refractivity (Wildman–Crippen MR) is 55.4 cm³/mol. The van der Waals surface area contributed by atoms with E-state index in [1.54, 1.807) is 0 Å². The molecule has 0 aromatic heterocycles. The molecule has 0 spiro atoms. The van der Waals surface area contributed by atoms with Crippen molar-refractivity contribution in [2.45, 2.75) is 58.3 Å². The molecule has 0 bridgehead atoms. The second-order valence-corrected chi connectivity index (χ2v) is 3.20. The fourth-order valence-electron chi connectivity index (χ4n) is 1.25. The Morgan fingerprint density at radius 1 is 0.750 bits per heavy atom. The van der Waals surface area contributed by atoms with Crippen molar-refractivity contribution >= 4 is 51.4 Å². The molecule has 0 rings (SSSR count). The zero-order valence-electron chi connectivity index (χ0n) is 8.81. The van der Waals surface area contributed by atoms with E-state index >= 15 is 0 Å². The topological polar surface area (TPSA) is 20.2 Å². The molecule has 0 aliphatic rings. The van der Waals surface area contributed by atoms with Crippen molar-refractivity contribution in [2.24, 2.45) is 0 Å². The van der Waals surface area contributed by atoms with Crippen LogP contribution in [0.5, 0.6) is 0 Å². The van der Waals surface area contributed by atoms with Crippen LogP contribution in [0.25, 0.3) is 0 Å². The average Bonchev–Trinajstić information content (AvgIpc) is 2.03. The second-order valence-electron chi connectivity index (χ2n) is 3.20. The van der Waals surface area contributed by atoms with E-state index in [1.165, 1.54) is 44.9 Å². The molecule has 2 heteroatoms. The Balaban J connectivity index is 0. The van der Waals surface area contributed by atoms with Gasteiger partial charge in [0, 0.05) is 58.0 Å². The third kappa shape index (κ3) is 14.1. The Morgan fingerprint density at radius 3 is 1.58 bits per heavy atom. The minimum atomic E-state index is 0. The van der Waals surface area contributed by atoms with E-state index in [-0.39, 0.29) is 51.4 Å². The van der Waals surface area contributed by atoms with Gasteiger partial charge in [-0.15, -0.1) is 0 Å².